The molecule has 4 heteroatoms. The van der Waals surface area contributed by atoms with Crippen molar-refractivity contribution in [3.8, 4) is 11.4 Å². The van der Waals surface area contributed by atoms with Crippen LogP contribution < -0.4 is 4.90 Å². The van der Waals surface area contributed by atoms with Crippen LogP contribution in [0, 0.1) is 0 Å². The van der Waals surface area contributed by atoms with Crippen molar-refractivity contribution < 1.29 is 4.79 Å². The molecule has 2 aromatic carbocycles. The minimum atomic E-state index is -0.0164. The van der Waals surface area contributed by atoms with Crippen molar-refractivity contribution in [1.29, 1.82) is 0 Å². The number of benzene rings is 2. The highest BCUT2D eigenvalue weighted by Gasteiger charge is 2.11. The van der Waals surface area contributed by atoms with Crippen LogP contribution in [0.4, 0.5) is 5.69 Å². The van der Waals surface area contributed by atoms with Gasteiger partial charge in [0, 0.05) is 47.9 Å². The fourth-order valence-corrected chi connectivity index (χ4v) is 3.42. The van der Waals surface area contributed by atoms with E-state index in [0.29, 0.717) is 11.4 Å². The van der Waals surface area contributed by atoms with Gasteiger partial charge in [-0.2, -0.15) is 0 Å². The molecule has 4 nitrogen and oxygen atoms in total. The van der Waals surface area contributed by atoms with Crippen LogP contribution in [0.3, 0.4) is 0 Å². The van der Waals surface area contributed by atoms with Gasteiger partial charge < -0.3 is 4.90 Å². The molecule has 0 unspecified atom stereocenters. The molecular weight excluding hydrogens is 346 g/mol. The number of carbonyl (C=O) groups excluding carboxylic acids is 1. The zero-order valence-corrected chi connectivity index (χ0v) is 15.8. The van der Waals surface area contributed by atoms with Gasteiger partial charge in [0.25, 0.3) is 0 Å². The molecule has 1 saturated heterocycles. The molecule has 0 bridgehead atoms. The zero-order chi connectivity index (χ0) is 19.2. The van der Waals surface area contributed by atoms with E-state index in [1.165, 1.54) is 24.9 Å². The largest absolute Gasteiger partial charge is 0.372 e. The average Bonchev–Trinajstić information content (AvgIpc) is 2.79. The van der Waals surface area contributed by atoms with Crippen molar-refractivity contribution in [3.63, 3.8) is 0 Å². The first-order chi connectivity index (χ1) is 13.8. The number of piperidine rings is 1. The number of ketones is 1. The van der Waals surface area contributed by atoms with Gasteiger partial charge in [-0.3, -0.25) is 4.79 Å². The standard InChI is InChI=1S/C24H23N3O/c28-23(20-10-12-22(13-11-20)27-15-5-2-6-16-27)14-9-19-17-25-24(26-18-19)21-7-3-1-4-8-21/h1,3-4,7-14,17-18H,2,5-6,15-16H2/b14-9+. The summed E-state index contributed by atoms with van der Waals surface area (Å²) in [6, 6.07) is 17.7. The molecule has 0 N–H and O–H groups in total. The third-order valence-electron chi connectivity index (χ3n) is 5.00. The smallest absolute Gasteiger partial charge is 0.185 e. The number of hydrogen-bond donors (Lipinski definition) is 0. The van der Waals surface area contributed by atoms with E-state index in [0.717, 1.165) is 24.2 Å². The van der Waals surface area contributed by atoms with Crippen LogP contribution in [-0.4, -0.2) is 28.8 Å². The molecule has 0 saturated carbocycles. The van der Waals surface area contributed by atoms with E-state index in [1.807, 2.05) is 54.6 Å². The summed E-state index contributed by atoms with van der Waals surface area (Å²) in [6.07, 6.45) is 10.6. The van der Waals surface area contributed by atoms with E-state index < -0.39 is 0 Å². The summed E-state index contributed by atoms with van der Waals surface area (Å²) < 4.78 is 0. The third-order valence-corrected chi connectivity index (χ3v) is 5.00. The predicted molar refractivity (Wildman–Crippen MR) is 113 cm³/mol. The Morgan fingerprint density at radius 1 is 0.857 bits per heavy atom. The van der Waals surface area contributed by atoms with Crippen LogP contribution in [-0.2, 0) is 0 Å². The number of anilines is 1. The van der Waals surface area contributed by atoms with Gasteiger partial charge in [-0.15, -0.1) is 0 Å². The van der Waals surface area contributed by atoms with Crippen molar-refractivity contribution in [2.75, 3.05) is 18.0 Å². The maximum absolute atomic E-state index is 12.5. The molecule has 1 aromatic heterocycles. The first kappa shape index (κ1) is 18.1. The molecule has 0 atom stereocenters. The third kappa shape index (κ3) is 4.34. The van der Waals surface area contributed by atoms with Crippen molar-refractivity contribution in [2.24, 2.45) is 0 Å². The highest BCUT2D eigenvalue weighted by Crippen LogP contribution is 2.20. The summed E-state index contributed by atoms with van der Waals surface area (Å²) >= 11 is 0. The summed E-state index contributed by atoms with van der Waals surface area (Å²) in [7, 11) is 0. The minimum absolute atomic E-state index is 0.0164. The van der Waals surface area contributed by atoms with E-state index in [1.54, 1.807) is 24.5 Å². The van der Waals surface area contributed by atoms with Gasteiger partial charge in [0.2, 0.25) is 0 Å². The molecule has 1 aliphatic rings. The highest BCUT2D eigenvalue weighted by atomic mass is 16.1. The molecular formula is C24H23N3O. The van der Waals surface area contributed by atoms with Crippen molar-refractivity contribution in [3.05, 3.63) is 84.2 Å². The predicted octanol–water partition coefficient (Wildman–Crippen LogP) is 5.03. The van der Waals surface area contributed by atoms with E-state index in [9.17, 15) is 4.79 Å². The lowest BCUT2D eigenvalue weighted by Crippen LogP contribution is -2.29. The zero-order valence-electron chi connectivity index (χ0n) is 15.8. The number of nitrogens with zero attached hydrogens (tertiary/aromatic N) is 3. The Balaban J connectivity index is 1.41. The summed E-state index contributed by atoms with van der Waals surface area (Å²) in [5.74, 6) is 0.662. The summed E-state index contributed by atoms with van der Waals surface area (Å²) in [4.78, 5) is 23.6. The monoisotopic (exact) mass is 369 g/mol. The maximum atomic E-state index is 12.5. The van der Waals surface area contributed by atoms with Crippen LogP contribution in [0.5, 0.6) is 0 Å². The van der Waals surface area contributed by atoms with Gasteiger partial charge >= 0.3 is 0 Å². The van der Waals surface area contributed by atoms with Crippen LogP contribution in [0.25, 0.3) is 17.5 Å². The van der Waals surface area contributed by atoms with Gasteiger partial charge in [-0.1, -0.05) is 30.3 Å². The number of rotatable bonds is 5. The van der Waals surface area contributed by atoms with Crippen LogP contribution >= 0.6 is 0 Å². The maximum Gasteiger partial charge on any atom is 0.185 e. The van der Waals surface area contributed by atoms with Gasteiger partial charge in [-0.25, -0.2) is 9.97 Å². The lowest BCUT2D eigenvalue weighted by Gasteiger charge is -2.28. The Morgan fingerprint density at radius 2 is 1.54 bits per heavy atom. The van der Waals surface area contributed by atoms with E-state index in [4.69, 9.17) is 0 Å². The van der Waals surface area contributed by atoms with E-state index in [-0.39, 0.29) is 5.78 Å². The Kier molecular flexibility index (Phi) is 5.57. The number of carbonyl (C=O) groups is 1. The summed E-state index contributed by atoms with van der Waals surface area (Å²) in [6.45, 7) is 2.21. The SMILES string of the molecule is O=C(/C=C/c1cnc(-c2ccccc2)nc1)c1ccc(N2CCCCC2)cc1. The minimum Gasteiger partial charge on any atom is -0.372 e. The quantitative estimate of drug-likeness (QED) is 0.467. The molecule has 1 fully saturated rings. The molecule has 0 aliphatic carbocycles. The molecule has 140 valence electrons. The molecule has 0 amide bonds. The number of hydrogen-bond acceptors (Lipinski definition) is 4. The topological polar surface area (TPSA) is 46.1 Å². The molecule has 0 spiro atoms. The lowest BCUT2D eigenvalue weighted by molar-refractivity contribution is 0.104. The summed E-state index contributed by atoms with van der Waals surface area (Å²) in [5.41, 5.74) is 3.67. The first-order valence-electron chi connectivity index (χ1n) is 9.74. The average molecular weight is 369 g/mol. The summed E-state index contributed by atoms with van der Waals surface area (Å²) in [5, 5.41) is 0. The molecule has 3 aromatic rings. The van der Waals surface area contributed by atoms with Crippen molar-refractivity contribution in [2.45, 2.75) is 19.3 Å². The second-order valence-corrected chi connectivity index (χ2v) is 7.00. The molecule has 1 aliphatic heterocycles. The van der Waals surface area contributed by atoms with Gasteiger partial charge in [-0.05, 0) is 55.7 Å². The molecule has 0 radical (unpaired) electrons. The second-order valence-electron chi connectivity index (χ2n) is 7.00. The molecule has 2 heterocycles. The Morgan fingerprint density at radius 3 is 2.21 bits per heavy atom. The van der Waals surface area contributed by atoms with Gasteiger partial charge in [0.15, 0.2) is 11.6 Å². The second kappa shape index (κ2) is 8.61. The van der Waals surface area contributed by atoms with Crippen LogP contribution in [0.15, 0.2) is 73.1 Å². The lowest BCUT2D eigenvalue weighted by atomic mass is 10.1. The normalized spacial score (nSPS) is 14.4. The van der Waals surface area contributed by atoms with Gasteiger partial charge in [0.05, 0.1) is 0 Å². The highest BCUT2D eigenvalue weighted by molar-refractivity contribution is 6.06. The molecule has 28 heavy (non-hydrogen) atoms. The van der Waals surface area contributed by atoms with Crippen molar-refractivity contribution >= 4 is 17.5 Å². The Hall–Kier alpha value is -3.27. The number of allylic oxidation sites excluding steroid dienone is 1. The van der Waals surface area contributed by atoms with Crippen LogP contribution in [0.2, 0.25) is 0 Å². The molecule has 4 rings (SSSR count). The number of aromatic nitrogens is 2. The van der Waals surface area contributed by atoms with E-state index >= 15 is 0 Å². The van der Waals surface area contributed by atoms with Crippen molar-refractivity contribution in [1.82, 2.24) is 9.97 Å². The van der Waals surface area contributed by atoms with E-state index in [2.05, 4.69) is 14.9 Å². The van der Waals surface area contributed by atoms with Crippen LogP contribution in [0.1, 0.15) is 35.2 Å². The van der Waals surface area contributed by atoms with Gasteiger partial charge in [0.1, 0.15) is 0 Å². The fraction of sp³-hybridized carbons (Fsp3) is 0.208. The first-order valence-corrected chi connectivity index (χ1v) is 9.74. The fourth-order valence-electron chi connectivity index (χ4n) is 3.42. The Bertz CT molecular complexity index is 941. The Labute approximate surface area is 165 Å².